The van der Waals surface area contributed by atoms with Gasteiger partial charge in [0, 0.05) is 13.8 Å². The van der Waals surface area contributed by atoms with Crippen LogP contribution in [0, 0.1) is 0 Å². The predicted octanol–water partition coefficient (Wildman–Crippen LogP) is 1.79. The lowest BCUT2D eigenvalue weighted by Crippen LogP contribution is -2.59. The maximum Gasteiger partial charge on any atom is 0.338 e. The van der Waals surface area contributed by atoms with Crippen molar-refractivity contribution in [3.05, 3.63) is 71.8 Å². The van der Waals surface area contributed by atoms with Gasteiger partial charge in [0.2, 0.25) is 0 Å². The lowest BCUT2D eigenvalue weighted by molar-refractivity contribution is -0.229. The van der Waals surface area contributed by atoms with Crippen molar-refractivity contribution in [3.63, 3.8) is 0 Å². The molecular formula is C26H28O11S. The van der Waals surface area contributed by atoms with Crippen LogP contribution in [0.25, 0.3) is 0 Å². The first-order valence-electron chi connectivity index (χ1n) is 11.8. The van der Waals surface area contributed by atoms with Gasteiger partial charge >= 0.3 is 17.9 Å². The van der Waals surface area contributed by atoms with Gasteiger partial charge in [-0.3, -0.25) is 13.8 Å². The molecule has 0 unspecified atom stereocenters. The number of ether oxygens (including phenoxy) is 5. The monoisotopic (exact) mass is 548 g/mol. The fraction of sp³-hybridized carbons (Fsp3) is 0.423. The molecule has 2 aromatic carbocycles. The Morgan fingerprint density at radius 1 is 0.737 bits per heavy atom. The zero-order valence-electron chi connectivity index (χ0n) is 20.9. The fourth-order valence-electron chi connectivity index (χ4n) is 4.62. The van der Waals surface area contributed by atoms with E-state index < -0.39 is 70.8 Å². The van der Waals surface area contributed by atoms with E-state index in [1.54, 1.807) is 18.2 Å². The summed E-state index contributed by atoms with van der Waals surface area (Å²) in [5.74, 6) is -2.26. The maximum absolute atomic E-state index is 13.0. The molecule has 2 aliphatic heterocycles. The molecule has 0 N–H and O–H groups in total. The minimum atomic E-state index is -4.05. The highest BCUT2D eigenvalue weighted by Gasteiger charge is 2.65. The fourth-order valence-corrected chi connectivity index (χ4v) is 5.24. The number of carbonyl (C=O) groups is 3. The van der Waals surface area contributed by atoms with E-state index in [1.807, 2.05) is 30.3 Å². The van der Waals surface area contributed by atoms with Gasteiger partial charge in [0.05, 0.1) is 18.4 Å². The van der Waals surface area contributed by atoms with Crippen molar-refractivity contribution in [2.24, 2.45) is 0 Å². The number of fused-ring (bicyclic) bond motifs is 2. The van der Waals surface area contributed by atoms with Gasteiger partial charge in [0.1, 0.15) is 24.4 Å². The number of hydrogen-bond donors (Lipinski definition) is 0. The van der Waals surface area contributed by atoms with E-state index in [-0.39, 0.29) is 12.2 Å². The quantitative estimate of drug-likeness (QED) is 0.257. The number of benzene rings is 2. The summed E-state index contributed by atoms with van der Waals surface area (Å²) in [5.41, 5.74) is 0.981. The van der Waals surface area contributed by atoms with Crippen LogP contribution < -0.4 is 0 Å². The molecular weight excluding hydrogens is 520 g/mol. The summed E-state index contributed by atoms with van der Waals surface area (Å²) in [5, 5.41) is 0. The van der Waals surface area contributed by atoms with Crippen LogP contribution in [0.4, 0.5) is 0 Å². The second kappa shape index (κ2) is 11.6. The number of hydrogen-bond acceptors (Lipinski definition) is 11. The standard InChI is InChI=1S/C26H28O11S/c1-15(27)33-21-20-19(32-14-17-10-6-4-7-11-17)25(37-38(3,30)31)24(35-20)22(34-16(2)28)23(21)36-26(29)18-12-8-5-9-13-18/h4-13,19-25H,14H2,1-3H3/t19-,20-,21+,22-,23+,24-,25+/m1/s1. The summed E-state index contributed by atoms with van der Waals surface area (Å²) < 4.78 is 58.7. The second-order valence-corrected chi connectivity index (χ2v) is 10.6. The Morgan fingerprint density at radius 3 is 1.79 bits per heavy atom. The Hall–Kier alpha value is -3.32. The molecule has 204 valence electrons. The highest BCUT2D eigenvalue weighted by Crippen LogP contribution is 2.42. The van der Waals surface area contributed by atoms with Crippen LogP contribution in [0.1, 0.15) is 29.8 Å². The second-order valence-electron chi connectivity index (χ2n) is 8.98. The normalized spacial score (nSPS) is 28.3. The van der Waals surface area contributed by atoms with Crippen molar-refractivity contribution in [1.82, 2.24) is 0 Å². The molecule has 0 spiro atoms. The van der Waals surface area contributed by atoms with Crippen molar-refractivity contribution in [2.75, 3.05) is 6.26 Å². The number of carbonyl (C=O) groups excluding carboxylic acids is 3. The molecule has 2 aromatic rings. The summed E-state index contributed by atoms with van der Waals surface area (Å²) in [6.45, 7) is 2.33. The Labute approximate surface area is 220 Å². The van der Waals surface area contributed by atoms with Gasteiger partial charge in [-0.1, -0.05) is 48.5 Å². The summed E-state index contributed by atoms with van der Waals surface area (Å²) in [6, 6.07) is 17.1. The molecule has 12 heteroatoms. The molecule has 0 aromatic heterocycles. The van der Waals surface area contributed by atoms with Crippen molar-refractivity contribution in [1.29, 1.82) is 0 Å². The Kier molecular flexibility index (Phi) is 8.46. The first-order valence-corrected chi connectivity index (χ1v) is 13.6. The molecule has 2 fully saturated rings. The van der Waals surface area contributed by atoms with E-state index in [0.717, 1.165) is 25.7 Å². The van der Waals surface area contributed by atoms with Crippen molar-refractivity contribution >= 4 is 28.0 Å². The molecule has 0 saturated carbocycles. The largest absolute Gasteiger partial charge is 0.456 e. The minimum Gasteiger partial charge on any atom is -0.456 e. The van der Waals surface area contributed by atoms with Crippen LogP contribution in [-0.2, 0) is 54.2 Å². The van der Waals surface area contributed by atoms with E-state index in [2.05, 4.69) is 0 Å². The lowest BCUT2D eigenvalue weighted by Gasteiger charge is -2.40. The molecule has 2 saturated heterocycles. The number of esters is 3. The Balaban J connectivity index is 1.73. The third-order valence-electron chi connectivity index (χ3n) is 6.01. The molecule has 11 nitrogen and oxygen atoms in total. The van der Waals surface area contributed by atoms with Crippen LogP contribution in [0.5, 0.6) is 0 Å². The minimum absolute atomic E-state index is 0.0429. The Morgan fingerprint density at radius 2 is 1.26 bits per heavy atom. The lowest BCUT2D eigenvalue weighted by atomic mass is 9.99. The first kappa shape index (κ1) is 27.7. The third kappa shape index (κ3) is 6.57. The van der Waals surface area contributed by atoms with Crippen molar-refractivity contribution < 1.29 is 50.7 Å². The maximum atomic E-state index is 13.0. The van der Waals surface area contributed by atoms with Crippen LogP contribution >= 0.6 is 0 Å². The highest BCUT2D eigenvalue weighted by atomic mass is 32.2. The Bertz CT molecular complexity index is 1250. The van der Waals surface area contributed by atoms with Gasteiger partial charge in [-0.25, -0.2) is 4.79 Å². The van der Waals surface area contributed by atoms with Crippen LogP contribution in [0.2, 0.25) is 0 Å². The zero-order valence-corrected chi connectivity index (χ0v) is 21.7. The average Bonchev–Trinajstić information content (AvgIpc) is 3.16. The zero-order chi connectivity index (χ0) is 27.4. The SMILES string of the molecule is CC(=O)O[C@@H]1[C@H](OC(=O)c2ccccc2)[C@@H](OC(C)=O)[C@H]2O[C@@H]1[C@@H](OCc1ccccc1)[C@@H]2OS(C)(=O)=O. The van der Waals surface area contributed by atoms with E-state index in [4.69, 9.17) is 27.9 Å². The summed E-state index contributed by atoms with van der Waals surface area (Å²) in [7, 11) is -4.05. The van der Waals surface area contributed by atoms with Gasteiger partial charge in [-0.05, 0) is 17.7 Å². The molecule has 0 amide bonds. The van der Waals surface area contributed by atoms with Crippen molar-refractivity contribution in [3.8, 4) is 0 Å². The topological polar surface area (TPSA) is 141 Å². The molecule has 2 heterocycles. The molecule has 0 aliphatic carbocycles. The average molecular weight is 549 g/mol. The van der Waals surface area contributed by atoms with E-state index in [9.17, 15) is 22.8 Å². The van der Waals surface area contributed by atoms with Crippen LogP contribution in [0.15, 0.2) is 60.7 Å². The van der Waals surface area contributed by atoms with E-state index >= 15 is 0 Å². The highest BCUT2D eigenvalue weighted by molar-refractivity contribution is 7.86. The smallest absolute Gasteiger partial charge is 0.338 e. The molecule has 0 radical (unpaired) electrons. The summed E-state index contributed by atoms with van der Waals surface area (Å²) in [6.07, 6.45) is -7.91. The van der Waals surface area contributed by atoms with Gasteiger partial charge in [0.25, 0.3) is 10.1 Å². The molecule has 38 heavy (non-hydrogen) atoms. The van der Waals surface area contributed by atoms with E-state index in [1.165, 1.54) is 12.1 Å². The third-order valence-corrected chi connectivity index (χ3v) is 6.58. The van der Waals surface area contributed by atoms with Gasteiger partial charge in [-0.15, -0.1) is 0 Å². The van der Waals surface area contributed by atoms with E-state index in [0.29, 0.717) is 0 Å². The molecule has 7 atom stereocenters. The van der Waals surface area contributed by atoms with Crippen molar-refractivity contribution in [2.45, 2.75) is 63.2 Å². The molecule has 2 aliphatic rings. The van der Waals surface area contributed by atoms with Crippen LogP contribution in [0.3, 0.4) is 0 Å². The summed E-state index contributed by atoms with van der Waals surface area (Å²) >= 11 is 0. The van der Waals surface area contributed by atoms with Crippen LogP contribution in [-0.4, -0.2) is 75.3 Å². The molecule has 2 bridgehead atoms. The van der Waals surface area contributed by atoms with Gasteiger partial charge < -0.3 is 23.7 Å². The predicted molar refractivity (Wildman–Crippen MR) is 130 cm³/mol. The van der Waals surface area contributed by atoms with Gasteiger partial charge in [-0.2, -0.15) is 8.42 Å². The first-order chi connectivity index (χ1) is 18.0. The number of rotatable bonds is 9. The van der Waals surface area contributed by atoms with Gasteiger partial charge in [0.15, 0.2) is 18.3 Å². The summed E-state index contributed by atoms with van der Waals surface area (Å²) in [4.78, 5) is 37.2. The molecule has 4 rings (SSSR count).